The average Bonchev–Trinajstić information content (AvgIpc) is 2.82. The van der Waals surface area contributed by atoms with Gasteiger partial charge in [-0.3, -0.25) is 4.98 Å². The van der Waals surface area contributed by atoms with Gasteiger partial charge in [-0.15, -0.1) is 0 Å². The molecule has 0 bridgehead atoms. The van der Waals surface area contributed by atoms with E-state index in [1.165, 1.54) is 16.9 Å². The summed E-state index contributed by atoms with van der Waals surface area (Å²) in [7, 11) is 0. The zero-order chi connectivity index (χ0) is 12.5. The maximum Gasteiger partial charge on any atom is 0.338 e. The van der Waals surface area contributed by atoms with Gasteiger partial charge in [0, 0.05) is 24.7 Å². The first-order valence-electron chi connectivity index (χ1n) is 5.24. The quantitative estimate of drug-likeness (QED) is 0.734. The summed E-state index contributed by atoms with van der Waals surface area (Å²) in [4.78, 5) is 19.1. The third kappa shape index (κ3) is 1.69. The number of hydrogen-bond donors (Lipinski definition) is 1. The predicted octanol–water partition coefficient (Wildman–Crippen LogP) is 1.49. The van der Waals surface area contributed by atoms with Gasteiger partial charge < -0.3 is 5.11 Å². The van der Waals surface area contributed by atoms with Gasteiger partial charge in [0.05, 0.1) is 11.3 Å². The van der Waals surface area contributed by atoms with Crippen LogP contribution in [0.5, 0.6) is 0 Å². The maximum atomic E-state index is 10.8. The first-order chi connectivity index (χ1) is 8.74. The van der Waals surface area contributed by atoms with Crippen LogP contribution in [0.1, 0.15) is 10.4 Å². The van der Waals surface area contributed by atoms with Crippen LogP contribution in [0.2, 0.25) is 0 Å². The van der Waals surface area contributed by atoms with Crippen LogP contribution >= 0.6 is 0 Å². The van der Waals surface area contributed by atoms with E-state index in [1.807, 2.05) is 18.2 Å². The molecule has 0 fully saturated rings. The monoisotopic (exact) mass is 240 g/mol. The van der Waals surface area contributed by atoms with Crippen molar-refractivity contribution in [1.29, 1.82) is 0 Å². The van der Waals surface area contributed by atoms with E-state index in [2.05, 4.69) is 15.1 Å². The molecule has 0 radical (unpaired) electrons. The summed E-state index contributed by atoms with van der Waals surface area (Å²) < 4.78 is 1.44. The van der Waals surface area contributed by atoms with E-state index in [0.29, 0.717) is 11.3 Å². The lowest BCUT2D eigenvalue weighted by Gasteiger charge is -1.94. The zero-order valence-electron chi connectivity index (χ0n) is 9.19. The molecule has 1 N–H and O–H groups in total. The summed E-state index contributed by atoms with van der Waals surface area (Å²) in [6, 6.07) is 7.27. The summed E-state index contributed by atoms with van der Waals surface area (Å²) in [5.41, 5.74) is 2.06. The summed E-state index contributed by atoms with van der Waals surface area (Å²) in [5, 5.41) is 13.1. The van der Waals surface area contributed by atoms with E-state index in [0.717, 1.165) is 5.69 Å². The van der Waals surface area contributed by atoms with E-state index < -0.39 is 5.97 Å². The number of hydrogen-bond acceptors (Lipinski definition) is 4. The van der Waals surface area contributed by atoms with Gasteiger partial charge in [-0.1, -0.05) is 6.07 Å². The van der Waals surface area contributed by atoms with Gasteiger partial charge in [0.15, 0.2) is 5.65 Å². The lowest BCUT2D eigenvalue weighted by atomic mass is 10.3. The Kier molecular flexibility index (Phi) is 2.26. The number of rotatable bonds is 2. The highest BCUT2D eigenvalue weighted by Crippen LogP contribution is 2.16. The van der Waals surface area contributed by atoms with E-state index in [9.17, 15) is 4.79 Å². The molecule has 3 aromatic rings. The van der Waals surface area contributed by atoms with Crippen LogP contribution in [0.25, 0.3) is 17.0 Å². The molecule has 3 heterocycles. The lowest BCUT2D eigenvalue weighted by molar-refractivity contribution is 0.0695. The van der Waals surface area contributed by atoms with E-state index >= 15 is 0 Å². The third-order valence-corrected chi connectivity index (χ3v) is 2.49. The maximum absolute atomic E-state index is 10.8. The number of pyridine rings is 1. The summed E-state index contributed by atoms with van der Waals surface area (Å²) in [6.07, 6.45) is 4.41. The van der Waals surface area contributed by atoms with Crippen LogP contribution in [0.15, 0.2) is 42.9 Å². The molecule has 88 valence electrons. The van der Waals surface area contributed by atoms with Crippen LogP contribution in [0.4, 0.5) is 0 Å². The number of carbonyl (C=O) groups is 1. The Labute approximate surface area is 102 Å². The van der Waals surface area contributed by atoms with Crippen LogP contribution in [0.3, 0.4) is 0 Å². The predicted molar refractivity (Wildman–Crippen MR) is 63.2 cm³/mol. The topological polar surface area (TPSA) is 80.4 Å². The Morgan fingerprint density at radius 1 is 1.22 bits per heavy atom. The molecular formula is C12H8N4O2. The second-order valence-corrected chi connectivity index (χ2v) is 3.70. The van der Waals surface area contributed by atoms with Crippen molar-refractivity contribution in [3.05, 3.63) is 48.4 Å². The molecule has 0 amide bonds. The number of carboxylic acid groups (broad SMARTS) is 1. The first-order valence-corrected chi connectivity index (χ1v) is 5.24. The smallest absolute Gasteiger partial charge is 0.338 e. The molecule has 0 saturated heterocycles. The van der Waals surface area contributed by atoms with E-state index in [-0.39, 0.29) is 5.56 Å². The molecule has 3 aromatic heterocycles. The molecule has 6 nitrogen and oxygen atoms in total. The number of aromatic nitrogens is 4. The second-order valence-electron chi connectivity index (χ2n) is 3.70. The van der Waals surface area contributed by atoms with Crippen LogP contribution in [0, 0.1) is 0 Å². The van der Waals surface area contributed by atoms with Gasteiger partial charge in [0.25, 0.3) is 0 Å². The van der Waals surface area contributed by atoms with Crippen molar-refractivity contribution in [3.8, 4) is 11.4 Å². The second kappa shape index (κ2) is 3.92. The fourth-order valence-electron chi connectivity index (χ4n) is 1.63. The summed E-state index contributed by atoms with van der Waals surface area (Å²) >= 11 is 0. The summed E-state index contributed by atoms with van der Waals surface area (Å²) in [5.74, 6) is -1.03. The van der Waals surface area contributed by atoms with Crippen LogP contribution < -0.4 is 0 Å². The van der Waals surface area contributed by atoms with Crippen LogP contribution in [-0.4, -0.2) is 30.7 Å². The Bertz CT molecular complexity index is 721. The number of fused-ring (bicyclic) bond motifs is 1. The minimum absolute atomic E-state index is 0.0955. The van der Waals surface area contributed by atoms with E-state index in [1.54, 1.807) is 12.3 Å². The van der Waals surface area contributed by atoms with Gasteiger partial charge in [-0.25, -0.2) is 14.3 Å². The average molecular weight is 240 g/mol. The molecule has 0 aromatic carbocycles. The summed E-state index contributed by atoms with van der Waals surface area (Å²) in [6.45, 7) is 0. The largest absolute Gasteiger partial charge is 0.478 e. The number of carboxylic acids is 1. The lowest BCUT2D eigenvalue weighted by Crippen LogP contribution is -2.01. The number of aromatic carboxylic acids is 1. The Morgan fingerprint density at radius 3 is 2.83 bits per heavy atom. The molecule has 6 heteroatoms. The van der Waals surface area contributed by atoms with Crippen molar-refractivity contribution in [2.24, 2.45) is 0 Å². The molecule has 0 spiro atoms. The van der Waals surface area contributed by atoms with E-state index in [4.69, 9.17) is 5.11 Å². The zero-order valence-corrected chi connectivity index (χ0v) is 9.19. The molecule has 3 rings (SSSR count). The fourth-order valence-corrected chi connectivity index (χ4v) is 1.63. The Hall–Kier alpha value is -2.76. The highest BCUT2D eigenvalue weighted by molar-refractivity contribution is 5.87. The molecule has 0 saturated carbocycles. The van der Waals surface area contributed by atoms with Gasteiger partial charge in [0.1, 0.15) is 5.69 Å². The highest BCUT2D eigenvalue weighted by Gasteiger charge is 2.09. The van der Waals surface area contributed by atoms with Gasteiger partial charge in [0.2, 0.25) is 0 Å². The molecule has 0 aliphatic heterocycles. The Balaban J connectivity index is 2.14. The van der Waals surface area contributed by atoms with Crippen molar-refractivity contribution in [3.63, 3.8) is 0 Å². The van der Waals surface area contributed by atoms with Crippen molar-refractivity contribution in [2.45, 2.75) is 0 Å². The molecule has 0 unspecified atom stereocenters. The molecule has 18 heavy (non-hydrogen) atoms. The van der Waals surface area contributed by atoms with Gasteiger partial charge in [-0.05, 0) is 12.1 Å². The van der Waals surface area contributed by atoms with Crippen molar-refractivity contribution >= 4 is 11.6 Å². The molecule has 0 aliphatic carbocycles. The minimum atomic E-state index is -1.03. The minimum Gasteiger partial charge on any atom is -0.478 e. The third-order valence-electron chi connectivity index (χ3n) is 2.49. The molecule has 0 aliphatic rings. The standard InChI is InChI=1S/C12H8N4O2/c17-12(18)8-6-14-11-5-10(15-16(11)7-8)9-3-1-2-4-13-9/h1-7H,(H,17,18). The Morgan fingerprint density at radius 2 is 2.11 bits per heavy atom. The van der Waals surface area contributed by atoms with Crippen molar-refractivity contribution < 1.29 is 9.90 Å². The highest BCUT2D eigenvalue weighted by atomic mass is 16.4. The fraction of sp³-hybridized carbons (Fsp3) is 0. The molecule has 0 atom stereocenters. The van der Waals surface area contributed by atoms with Crippen molar-refractivity contribution in [2.75, 3.05) is 0 Å². The number of nitrogens with zero attached hydrogens (tertiary/aromatic N) is 4. The van der Waals surface area contributed by atoms with Gasteiger partial charge >= 0.3 is 5.97 Å². The SMILES string of the molecule is O=C(O)c1cnc2cc(-c3ccccn3)nn2c1. The normalized spacial score (nSPS) is 10.7. The van der Waals surface area contributed by atoms with Crippen molar-refractivity contribution in [1.82, 2.24) is 19.6 Å². The molecular weight excluding hydrogens is 232 g/mol. The van der Waals surface area contributed by atoms with Crippen LogP contribution in [-0.2, 0) is 0 Å². The first kappa shape index (κ1) is 10.4. The van der Waals surface area contributed by atoms with Gasteiger partial charge in [-0.2, -0.15) is 5.10 Å².